The molecule has 0 saturated heterocycles. The Bertz CT molecular complexity index is 1340. The highest BCUT2D eigenvalue weighted by Crippen LogP contribution is 2.10. The standard InChI is InChI=1S/C34H43N5O6/c1-24(2)21-28(38-34(44)45-23-26-13-7-4-8-14-26)33(43)37-29(22-25-11-5-3-6-12-25)32(42)36-27(15-17-30(35)40)16-18-31(41)39-19-9-10-20-39/h3-14,16,18,24,27-29H,15,17,19-23H2,1-2H3,(H2,35,40)(H,36,42)(H,37,43)(H,38,44)/b18-16+/t27-,28-,29-/m0/s1. The number of nitrogens with two attached hydrogens (primary N) is 1. The number of nitrogens with zero attached hydrogens (tertiary/aromatic N) is 1. The Balaban J connectivity index is 1.74. The van der Waals surface area contributed by atoms with E-state index < -0.39 is 41.9 Å². The summed E-state index contributed by atoms with van der Waals surface area (Å²) in [6, 6.07) is 15.7. The van der Waals surface area contributed by atoms with Crippen LogP contribution in [0.25, 0.3) is 0 Å². The fraction of sp³-hybridized carbons (Fsp3) is 0.382. The van der Waals surface area contributed by atoms with Crippen LogP contribution in [0.2, 0.25) is 0 Å². The van der Waals surface area contributed by atoms with Crippen molar-refractivity contribution in [2.75, 3.05) is 13.1 Å². The highest BCUT2D eigenvalue weighted by molar-refractivity contribution is 5.92. The SMILES string of the molecule is CC(C)C[C@H](NC(=O)OCc1ccccc1)C(=O)N[C@@H](Cc1ccccc1)C(=O)N[C@H](/C=C/C(=O)N1CC=CC1)CCC(N)=O. The smallest absolute Gasteiger partial charge is 0.408 e. The van der Waals surface area contributed by atoms with Crippen LogP contribution in [-0.2, 0) is 36.9 Å². The topological polar surface area (TPSA) is 160 Å². The van der Waals surface area contributed by atoms with E-state index in [9.17, 15) is 24.0 Å². The predicted molar refractivity (Wildman–Crippen MR) is 170 cm³/mol. The molecule has 5 N–H and O–H groups in total. The van der Waals surface area contributed by atoms with Gasteiger partial charge in [-0.1, -0.05) is 92.7 Å². The Morgan fingerprint density at radius 2 is 1.44 bits per heavy atom. The van der Waals surface area contributed by atoms with E-state index in [-0.39, 0.29) is 37.7 Å². The largest absolute Gasteiger partial charge is 0.445 e. The number of alkyl carbamates (subject to hydrolysis) is 1. The summed E-state index contributed by atoms with van der Waals surface area (Å²) in [4.78, 5) is 65.6. The molecule has 2 aromatic rings. The van der Waals surface area contributed by atoms with Crippen LogP contribution in [0.3, 0.4) is 0 Å². The normalized spacial score (nSPS) is 14.5. The molecule has 11 nitrogen and oxygen atoms in total. The third-order valence-electron chi connectivity index (χ3n) is 7.07. The summed E-state index contributed by atoms with van der Waals surface area (Å²) in [5.74, 6) is -1.79. The monoisotopic (exact) mass is 617 g/mol. The average molecular weight is 618 g/mol. The molecular formula is C34H43N5O6. The highest BCUT2D eigenvalue weighted by Gasteiger charge is 2.29. The Kier molecular flexibility index (Phi) is 13.8. The lowest BCUT2D eigenvalue weighted by Gasteiger charge is -2.25. The number of benzene rings is 2. The van der Waals surface area contributed by atoms with Crippen molar-refractivity contribution in [3.8, 4) is 0 Å². The van der Waals surface area contributed by atoms with Gasteiger partial charge in [0.15, 0.2) is 0 Å². The second-order valence-corrected chi connectivity index (χ2v) is 11.3. The van der Waals surface area contributed by atoms with Crippen molar-refractivity contribution >= 4 is 29.7 Å². The molecule has 2 aromatic carbocycles. The summed E-state index contributed by atoms with van der Waals surface area (Å²) in [6.07, 6.45) is 6.55. The Morgan fingerprint density at radius 1 is 0.844 bits per heavy atom. The maximum Gasteiger partial charge on any atom is 0.408 e. The van der Waals surface area contributed by atoms with Crippen molar-refractivity contribution in [3.63, 3.8) is 0 Å². The van der Waals surface area contributed by atoms with Gasteiger partial charge in [0.1, 0.15) is 18.7 Å². The number of ether oxygens (including phenoxy) is 1. The first-order valence-corrected chi connectivity index (χ1v) is 15.1. The molecule has 1 aliphatic rings. The van der Waals surface area contributed by atoms with Crippen molar-refractivity contribution in [3.05, 3.63) is 96.1 Å². The summed E-state index contributed by atoms with van der Waals surface area (Å²) in [5, 5.41) is 8.31. The summed E-state index contributed by atoms with van der Waals surface area (Å²) >= 11 is 0. The molecule has 1 heterocycles. The number of rotatable bonds is 16. The van der Waals surface area contributed by atoms with Crippen molar-refractivity contribution < 1.29 is 28.7 Å². The predicted octanol–water partition coefficient (Wildman–Crippen LogP) is 2.76. The minimum absolute atomic E-state index is 0.0179. The molecule has 0 radical (unpaired) electrons. The van der Waals surface area contributed by atoms with Crippen LogP contribution in [0, 0.1) is 5.92 Å². The molecule has 240 valence electrons. The van der Waals surface area contributed by atoms with E-state index in [1.165, 1.54) is 12.2 Å². The maximum atomic E-state index is 13.7. The van der Waals surface area contributed by atoms with Gasteiger partial charge in [0.25, 0.3) is 0 Å². The number of nitrogens with one attached hydrogen (secondary N) is 3. The lowest BCUT2D eigenvalue weighted by atomic mass is 10.0. The van der Waals surface area contributed by atoms with E-state index in [1.54, 1.807) is 4.90 Å². The van der Waals surface area contributed by atoms with Gasteiger partial charge in [0.2, 0.25) is 23.6 Å². The van der Waals surface area contributed by atoms with Gasteiger partial charge in [0, 0.05) is 38.0 Å². The lowest BCUT2D eigenvalue weighted by molar-refractivity contribution is -0.130. The molecule has 3 atom stereocenters. The maximum absolute atomic E-state index is 13.7. The van der Waals surface area contributed by atoms with E-state index in [0.29, 0.717) is 19.5 Å². The number of hydrogen-bond donors (Lipinski definition) is 4. The zero-order valence-corrected chi connectivity index (χ0v) is 25.8. The van der Waals surface area contributed by atoms with Gasteiger partial charge in [0.05, 0.1) is 0 Å². The van der Waals surface area contributed by atoms with Crippen molar-refractivity contribution in [1.29, 1.82) is 0 Å². The number of hydrogen-bond acceptors (Lipinski definition) is 6. The van der Waals surface area contributed by atoms with Crippen molar-refractivity contribution in [1.82, 2.24) is 20.9 Å². The van der Waals surface area contributed by atoms with Crippen LogP contribution in [-0.4, -0.2) is 65.8 Å². The fourth-order valence-electron chi connectivity index (χ4n) is 4.70. The Morgan fingerprint density at radius 3 is 2.04 bits per heavy atom. The van der Waals surface area contributed by atoms with E-state index in [4.69, 9.17) is 10.5 Å². The molecule has 0 aromatic heterocycles. The van der Waals surface area contributed by atoms with Gasteiger partial charge >= 0.3 is 6.09 Å². The summed E-state index contributed by atoms with van der Waals surface area (Å²) in [6.45, 7) is 4.87. The van der Waals surface area contributed by atoms with Crippen LogP contribution < -0.4 is 21.7 Å². The van der Waals surface area contributed by atoms with Gasteiger partial charge in [-0.15, -0.1) is 0 Å². The molecule has 0 saturated carbocycles. The Hall–Kier alpha value is -4.93. The summed E-state index contributed by atoms with van der Waals surface area (Å²) in [7, 11) is 0. The third-order valence-corrected chi connectivity index (χ3v) is 7.07. The van der Waals surface area contributed by atoms with Crippen molar-refractivity contribution in [2.45, 2.75) is 64.3 Å². The molecule has 0 bridgehead atoms. The minimum Gasteiger partial charge on any atom is -0.445 e. The summed E-state index contributed by atoms with van der Waals surface area (Å²) in [5.41, 5.74) is 6.96. The fourth-order valence-corrected chi connectivity index (χ4v) is 4.70. The van der Waals surface area contributed by atoms with Gasteiger partial charge in [-0.2, -0.15) is 0 Å². The number of primary amides is 1. The van der Waals surface area contributed by atoms with E-state index in [2.05, 4.69) is 16.0 Å². The quantitative estimate of drug-likeness (QED) is 0.167. The van der Waals surface area contributed by atoms with E-state index in [1.807, 2.05) is 86.7 Å². The second-order valence-electron chi connectivity index (χ2n) is 11.3. The van der Waals surface area contributed by atoms with Gasteiger partial charge < -0.3 is 31.3 Å². The molecule has 0 unspecified atom stereocenters. The van der Waals surface area contributed by atoms with Crippen LogP contribution in [0.4, 0.5) is 4.79 Å². The number of amides is 5. The molecule has 45 heavy (non-hydrogen) atoms. The van der Waals surface area contributed by atoms with Crippen LogP contribution >= 0.6 is 0 Å². The van der Waals surface area contributed by atoms with Crippen LogP contribution in [0.1, 0.15) is 44.2 Å². The Labute approximate surface area is 264 Å². The lowest BCUT2D eigenvalue weighted by Crippen LogP contribution is -2.55. The zero-order chi connectivity index (χ0) is 32.6. The molecule has 11 heteroatoms. The zero-order valence-electron chi connectivity index (χ0n) is 25.8. The molecule has 0 fully saturated rings. The first-order chi connectivity index (χ1) is 21.6. The van der Waals surface area contributed by atoms with Gasteiger partial charge in [-0.3, -0.25) is 19.2 Å². The molecule has 1 aliphatic heterocycles. The number of carbonyl (C=O) groups is 5. The van der Waals surface area contributed by atoms with Gasteiger partial charge in [-0.05, 0) is 29.9 Å². The van der Waals surface area contributed by atoms with Gasteiger partial charge in [-0.25, -0.2) is 4.79 Å². The first kappa shape index (κ1) is 34.6. The van der Waals surface area contributed by atoms with E-state index in [0.717, 1.165) is 11.1 Å². The molecule has 0 spiro atoms. The summed E-state index contributed by atoms with van der Waals surface area (Å²) < 4.78 is 5.33. The first-order valence-electron chi connectivity index (χ1n) is 15.1. The minimum atomic E-state index is -1.03. The molecule has 5 amide bonds. The third kappa shape index (κ3) is 12.7. The van der Waals surface area contributed by atoms with E-state index >= 15 is 0 Å². The number of carbonyl (C=O) groups excluding carboxylic acids is 5. The van der Waals surface area contributed by atoms with Crippen molar-refractivity contribution in [2.24, 2.45) is 11.7 Å². The second kappa shape index (κ2) is 18.0. The van der Waals surface area contributed by atoms with Crippen LogP contribution in [0.5, 0.6) is 0 Å². The van der Waals surface area contributed by atoms with Crippen LogP contribution in [0.15, 0.2) is 85.0 Å². The highest BCUT2D eigenvalue weighted by atomic mass is 16.5. The molecule has 3 rings (SSSR count). The average Bonchev–Trinajstić information content (AvgIpc) is 3.56. The molecular weight excluding hydrogens is 574 g/mol. The molecule has 0 aliphatic carbocycles.